The highest BCUT2D eigenvalue weighted by atomic mass is 35.5. The lowest BCUT2D eigenvalue weighted by atomic mass is 10.3. The predicted molar refractivity (Wildman–Crippen MR) is 69.9 cm³/mol. The number of rotatable bonds is 7. The highest BCUT2D eigenvalue weighted by molar-refractivity contribution is 5.84. The minimum absolute atomic E-state index is 0. The number of para-hydroxylation sites is 1. The van der Waals surface area contributed by atoms with Crippen molar-refractivity contribution in [1.82, 2.24) is 0 Å². The van der Waals surface area contributed by atoms with Gasteiger partial charge < -0.3 is 26.8 Å². The first kappa shape index (κ1) is 17.7. The maximum atomic E-state index is 11.4. The molecule has 0 spiro atoms. The van der Waals surface area contributed by atoms with Gasteiger partial charge >= 0.3 is 6.09 Å². The number of carbonyl (C=O) groups is 1. The van der Waals surface area contributed by atoms with Crippen LogP contribution < -0.4 is 22.6 Å². The van der Waals surface area contributed by atoms with Crippen LogP contribution in [0.5, 0.6) is 0 Å². The third kappa shape index (κ3) is 9.30. The first-order chi connectivity index (χ1) is 8.68. The number of likely N-dealkylation sites (N-methyl/N-ethyl adjacent to an activating group) is 1. The smallest absolute Gasteiger partial charge is 0.411 e. The Bertz CT molecular complexity index is 347. The van der Waals surface area contributed by atoms with Gasteiger partial charge in [-0.3, -0.25) is 5.32 Å². The van der Waals surface area contributed by atoms with Crippen molar-refractivity contribution in [2.45, 2.75) is 0 Å². The zero-order valence-electron chi connectivity index (χ0n) is 11.3. The van der Waals surface area contributed by atoms with E-state index in [-0.39, 0.29) is 19.0 Å². The number of amides is 1. The lowest BCUT2D eigenvalue weighted by Crippen LogP contribution is -3.06. The second-order valence-corrected chi connectivity index (χ2v) is 4.20. The van der Waals surface area contributed by atoms with Crippen molar-refractivity contribution >= 4 is 11.8 Å². The zero-order chi connectivity index (χ0) is 13.2. The van der Waals surface area contributed by atoms with Crippen molar-refractivity contribution in [1.29, 1.82) is 0 Å². The molecule has 0 fully saturated rings. The average Bonchev–Trinajstić information content (AvgIpc) is 2.34. The molecule has 2 N–H and O–H groups in total. The molecule has 0 unspecified atom stereocenters. The van der Waals surface area contributed by atoms with Crippen molar-refractivity contribution in [3.05, 3.63) is 30.3 Å². The van der Waals surface area contributed by atoms with E-state index in [9.17, 15) is 4.79 Å². The standard InChI is InChI=1S/C13H20N2O3.ClH/c1-15(2)8-9-17-10-11-18-13(16)14-12-6-4-3-5-7-12;/h3-7H,8-11H2,1-2H3,(H,14,16);1H. The van der Waals surface area contributed by atoms with Crippen molar-refractivity contribution in [3.63, 3.8) is 0 Å². The second kappa shape index (κ2) is 10.6. The summed E-state index contributed by atoms with van der Waals surface area (Å²) >= 11 is 0. The van der Waals surface area contributed by atoms with Crippen molar-refractivity contribution in [2.75, 3.05) is 45.8 Å². The molecule has 1 aromatic rings. The molecule has 108 valence electrons. The van der Waals surface area contributed by atoms with E-state index >= 15 is 0 Å². The quantitative estimate of drug-likeness (QED) is 0.541. The highest BCUT2D eigenvalue weighted by Crippen LogP contribution is 2.04. The van der Waals surface area contributed by atoms with Gasteiger partial charge in [0.05, 0.1) is 27.3 Å². The fourth-order valence-electron chi connectivity index (χ4n) is 1.25. The number of benzene rings is 1. The molecule has 0 aliphatic rings. The number of hydrogen-bond acceptors (Lipinski definition) is 3. The van der Waals surface area contributed by atoms with Crippen LogP contribution in [0.3, 0.4) is 0 Å². The van der Waals surface area contributed by atoms with Crippen LogP contribution in [-0.2, 0) is 9.47 Å². The molecular weight excluding hydrogens is 268 g/mol. The monoisotopic (exact) mass is 288 g/mol. The highest BCUT2D eigenvalue weighted by Gasteiger charge is 2.02. The molecule has 0 radical (unpaired) electrons. The molecule has 19 heavy (non-hydrogen) atoms. The molecule has 1 rings (SSSR count). The summed E-state index contributed by atoms with van der Waals surface area (Å²) in [5.74, 6) is 0. The van der Waals surface area contributed by atoms with Gasteiger partial charge in [-0.1, -0.05) is 18.2 Å². The molecule has 1 amide bonds. The molecule has 5 nitrogen and oxygen atoms in total. The number of hydrogen-bond donors (Lipinski definition) is 2. The SMILES string of the molecule is C[NH+](C)CCOCCOC(=O)Nc1ccccc1.[Cl-]. The van der Waals surface area contributed by atoms with Crippen LogP contribution in [0.1, 0.15) is 0 Å². The maximum Gasteiger partial charge on any atom is 0.411 e. The fourth-order valence-corrected chi connectivity index (χ4v) is 1.25. The molecule has 0 atom stereocenters. The first-order valence-corrected chi connectivity index (χ1v) is 6.04. The van der Waals surface area contributed by atoms with Crippen LogP contribution in [0.4, 0.5) is 10.5 Å². The van der Waals surface area contributed by atoms with Crippen LogP contribution >= 0.6 is 0 Å². The minimum Gasteiger partial charge on any atom is -1.00 e. The number of anilines is 1. The molecule has 0 aliphatic carbocycles. The Labute approximate surface area is 120 Å². The lowest BCUT2D eigenvalue weighted by molar-refractivity contribution is -0.858. The van der Waals surface area contributed by atoms with E-state index in [1.807, 2.05) is 18.2 Å². The first-order valence-electron chi connectivity index (χ1n) is 6.04. The summed E-state index contributed by atoms with van der Waals surface area (Å²) in [5, 5.41) is 2.63. The summed E-state index contributed by atoms with van der Waals surface area (Å²) in [7, 11) is 4.13. The minimum atomic E-state index is -0.456. The van der Waals surface area contributed by atoms with E-state index in [4.69, 9.17) is 9.47 Å². The Morgan fingerprint density at radius 2 is 1.84 bits per heavy atom. The normalized spacial score (nSPS) is 9.84. The molecule has 0 aliphatic heterocycles. The van der Waals surface area contributed by atoms with E-state index in [1.165, 1.54) is 4.90 Å². The molecule has 6 heteroatoms. The number of quaternary nitrogens is 1. The predicted octanol–water partition coefficient (Wildman–Crippen LogP) is -2.60. The van der Waals surface area contributed by atoms with Crippen LogP contribution in [0.2, 0.25) is 0 Å². The van der Waals surface area contributed by atoms with Crippen molar-refractivity contribution in [2.24, 2.45) is 0 Å². The maximum absolute atomic E-state index is 11.4. The molecular formula is C13H21ClN2O3. The van der Waals surface area contributed by atoms with E-state index < -0.39 is 6.09 Å². The van der Waals surface area contributed by atoms with E-state index in [1.54, 1.807) is 12.1 Å². The third-order valence-corrected chi connectivity index (χ3v) is 2.23. The van der Waals surface area contributed by atoms with Gasteiger partial charge in [-0.05, 0) is 12.1 Å². The summed E-state index contributed by atoms with van der Waals surface area (Å²) in [5.41, 5.74) is 0.722. The zero-order valence-corrected chi connectivity index (χ0v) is 12.1. The van der Waals surface area contributed by atoms with Gasteiger partial charge in [-0.15, -0.1) is 0 Å². The number of carbonyl (C=O) groups excluding carboxylic acids is 1. The molecule has 0 saturated carbocycles. The molecule has 0 saturated heterocycles. The van der Waals surface area contributed by atoms with Gasteiger partial charge in [0, 0.05) is 5.69 Å². The Morgan fingerprint density at radius 3 is 2.47 bits per heavy atom. The summed E-state index contributed by atoms with van der Waals surface area (Å²) in [4.78, 5) is 12.7. The second-order valence-electron chi connectivity index (χ2n) is 4.20. The number of nitrogens with one attached hydrogen (secondary N) is 2. The van der Waals surface area contributed by atoms with Gasteiger partial charge in [-0.25, -0.2) is 4.79 Å². The summed E-state index contributed by atoms with van der Waals surface area (Å²) < 4.78 is 10.3. The summed E-state index contributed by atoms with van der Waals surface area (Å²) in [6.07, 6.45) is -0.456. The summed E-state index contributed by atoms with van der Waals surface area (Å²) in [6, 6.07) is 9.19. The van der Waals surface area contributed by atoms with Gasteiger partial charge in [-0.2, -0.15) is 0 Å². The van der Waals surface area contributed by atoms with Crippen molar-refractivity contribution in [3.8, 4) is 0 Å². The van der Waals surface area contributed by atoms with Crippen LogP contribution in [-0.4, -0.2) is 46.6 Å². The fraction of sp³-hybridized carbons (Fsp3) is 0.462. The Morgan fingerprint density at radius 1 is 1.16 bits per heavy atom. The van der Waals surface area contributed by atoms with E-state index in [0.717, 1.165) is 12.2 Å². The average molecular weight is 289 g/mol. The molecule has 0 bridgehead atoms. The Balaban J connectivity index is 0.00000324. The lowest BCUT2D eigenvalue weighted by Gasteiger charge is -2.09. The third-order valence-electron chi connectivity index (χ3n) is 2.23. The van der Waals surface area contributed by atoms with E-state index in [0.29, 0.717) is 13.2 Å². The summed E-state index contributed by atoms with van der Waals surface area (Å²) in [6.45, 7) is 2.30. The molecule has 0 heterocycles. The topological polar surface area (TPSA) is 52.0 Å². The van der Waals surface area contributed by atoms with Gasteiger partial charge in [0.2, 0.25) is 0 Å². The molecule has 1 aromatic carbocycles. The van der Waals surface area contributed by atoms with Gasteiger partial charge in [0.25, 0.3) is 0 Å². The Kier molecular flexibility index (Phi) is 9.88. The van der Waals surface area contributed by atoms with Gasteiger partial charge in [0.15, 0.2) is 0 Å². The van der Waals surface area contributed by atoms with E-state index in [2.05, 4.69) is 19.4 Å². The Hall–Kier alpha value is -1.30. The number of halogens is 1. The number of ether oxygens (including phenoxy) is 2. The van der Waals surface area contributed by atoms with Gasteiger partial charge in [0.1, 0.15) is 13.2 Å². The van der Waals surface area contributed by atoms with Crippen LogP contribution in [0, 0.1) is 0 Å². The largest absolute Gasteiger partial charge is 1.00 e. The molecule has 0 aromatic heterocycles. The van der Waals surface area contributed by atoms with Crippen molar-refractivity contribution < 1.29 is 31.6 Å². The van der Waals surface area contributed by atoms with Crippen LogP contribution in [0.25, 0.3) is 0 Å². The van der Waals surface area contributed by atoms with Crippen LogP contribution in [0.15, 0.2) is 30.3 Å².